The first-order valence-electron chi connectivity index (χ1n) is 10.9. The van der Waals surface area contributed by atoms with Crippen molar-refractivity contribution in [2.45, 2.75) is 53.4 Å². The molecule has 164 valence electrons. The average molecular weight is 429 g/mol. The van der Waals surface area contributed by atoms with Crippen LogP contribution in [0.2, 0.25) is 0 Å². The van der Waals surface area contributed by atoms with Crippen molar-refractivity contribution in [3.8, 4) is 23.1 Å². The summed E-state index contributed by atoms with van der Waals surface area (Å²) >= 11 is 0. The van der Waals surface area contributed by atoms with E-state index >= 15 is 0 Å². The minimum atomic E-state index is -0.237. The Morgan fingerprint density at radius 3 is 2.19 bits per heavy atom. The van der Waals surface area contributed by atoms with E-state index in [1.807, 2.05) is 50.2 Å². The summed E-state index contributed by atoms with van der Waals surface area (Å²) in [6, 6.07) is 15.7. The van der Waals surface area contributed by atoms with Crippen molar-refractivity contribution in [2.24, 2.45) is 0 Å². The van der Waals surface area contributed by atoms with Crippen LogP contribution in [0.1, 0.15) is 50.2 Å². The Kier molecular flexibility index (Phi) is 5.59. The van der Waals surface area contributed by atoms with Gasteiger partial charge in [0.25, 0.3) is 0 Å². The van der Waals surface area contributed by atoms with E-state index in [2.05, 4.69) is 49.8 Å². The molecule has 0 fully saturated rings. The molecule has 2 aromatic carbocycles. The number of nitrogens with zero attached hydrogens (tertiary/aromatic N) is 2. The molecule has 0 saturated heterocycles. The molecule has 0 bridgehead atoms. The maximum absolute atomic E-state index is 13.6. The number of benzene rings is 2. The lowest BCUT2D eigenvalue weighted by Gasteiger charge is -2.19. The van der Waals surface area contributed by atoms with Gasteiger partial charge >= 0.3 is 6.01 Å². The van der Waals surface area contributed by atoms with Gasteiger partial charge in [-0.05, 0) is 55.0 Å². The number of hydrogen-bond donors (Lipinski definition) is 0. The van der Waals surface area contributed by atoms with E-state index in [0.717, 1.165) is 28.9 Å². The zero-order valence-corrected chi connectivity index (χ0v) is 19.4. The minimum Gasteiger partial charge on any atom is -0.452 e. The Hall–Kier alpha value is -3.47. The summed E-state index contributed by atoms with van der Waals surface area (Å²) < 4.78 is 12.2. The quantitative estimate of drug-likeness (QED) is 0.370. The van der Waals surface area contributed by atoms with Gasteiger partial charge in [0.2, 0.25) is 11.2 Å². The largest absolute Gasteiger partial charge is 0.452 e. The van der Waals surface area contributed by atoms with Gasteiger partial charge in [-0.3, -0.25) is 4.79 Å². The Labute approximate surface area is 188 Å². The lowest BCUT2D eigenvalue weighted by Crippen LogP contribution is -2.11. The fourth-order valence-electron chi connectivity index (χ4n) is 3.68. The van der Waals surface area contributed by atoms with Crippen molar-refractivity contribution < 1.29 is 9.15 Å². The lowest BCUT2D eigenvalue weighted by molar-refractivity contribution is 0.421. The second-order valence-corrected chi connectivity index (χ2v) is 9.14. The van der Waals surface area contributed by atoms with Crippen LogP contribution in [0.4, 0.5) is 0 Å². The third-order valence-electron chi connectivity index (χ3n) is 5.49. The van der Waals surface area contributed by atoms with Crippen LogP contribution in [0.25, 0.3) is 22.3 Å². The van der Waals surface area contributed by atoms with Gasteiger partial charge in [-0.2, -0.15) is 0 Å². The molecule has 0 aliphatic carbocycles. The minimum absolute atomic E-state index is 0.0194. The van der Waals surface area contributed by atoms with Crippen LogP contribution < -0.4 is 10.2 Å². The molecule has 0 unspecified atom stereocenters. The summed E-state index contributed by atoms with van der Waals surface area (Å²) in [4.78, 5) is 22.3. The van der Waals surface area contributed by atoms with Crippen molar-refractivity contribution >= 4 is 11.0 Å². The summed E-state index contributed by atoms with van der Waals surface area (Å²) in [5.74, 6) is 0.467. The van der Waals surface area contributed by atoms with Gasteiger partial charge in [0, 0.05) is 17.0 Å². The highest BCUT2D eigenvalue weighted by atomic mass is 16.5. The first-order chi connectivity index (χ1) is 15.2. The molecule has 0 radical (unpaired) electrons. The number of hydrogen-bond acceptors (Lipinski definition) is 5. The van der Waals surface area contributed by atoms with Crippen molar-refractivity contribution in [1.29, 1.82) is 0 Å². The topological polar surface area (TPSA) is 65.2 Å². The molecule has 2 aromatic heterocycles. The molecule has 32 heavy (non-hydrogen) atoms. The Balaban J connectivity index is 1.93. The zero-order valence-electron chi connectivity index (χ0n) is 19.4. The second kappa shape index (κ2) is 8.23. The maximum Gasteiger partial charge on any atom is 0.322 e. The number of ether oxygens (including phenoxy) is 1. The van der Waals surface area contributed by atoms with E-state index in [-0.39, 0.29) is 22.6 Å². The number of fused-ring (bicyclic) bond motifs is 1. The van der Waals surface area contributed by atoms with Gasteiger partial charge in [-0.1, -0.05) is 58.0 Å². The fraction of sp³-hybridized carbons (Fsp3) is 0.296. The Morgan fingerprint density at radius 2 is 1.59 bits per heavy atom. The second-order valence-electron chi connectivity index (χ2n) is 9.14. The summed E-state index contributed by atoms with van der Waals surface area (Å²) in [6.45, 7) is 12.3. The summed E-state index contributed by atoms with van der Waals surface area (Å²) in [6.07, 6.45) is 0.821. The van der Waals surface area contributed by atoms with Gasteiger partial charge in [0.15, 0.2) is 5.76 Å². The van der Waals surface area contributed by atoms with Gasteiger partial charge in [-0.15, -0.1) is 0 Å². The smallest absolute Gasteiger partial charge is 0.322 e. The molecule has 4 aromatic rings. The molecule has 0 N–H and O–H groups in total. The molecule has 0 aliphatic rings. The SMILES string of the molecule is CCc1ccc2oc(-c3ccc(C(C)(C)C)cc3)c(Oc3nc(C)cc(C)n3)c(=O)c2c1. The van der Waals surface area contributed by atoms with E-state index in [1.165, 1.54) is 5.56 Å². The van der Waals surface area contributed by atoms with Crippen LogP contribution in [-0.2, 0) is 11.8 Å². The van der Waals surface area contributed by atoms with Crippen LogP contribution in [0.15, 0.2) is 57.7 Å². The van der Waals surface area contributed by atoms with E-state index in [1.54, 1.807) is 0 Å². The molecular weight excluding hydrogens is 400 g/mol. The monoisotopic (exact) mass is 428 g/mol. The van der Waals surface area contributed by atoms with E-state index < -0.39 is 0 Å². The summed E-state index contributed by atoms with van der Waals surface area (Å²) in [5.41, 5.74) is 4.85. The Bertz CT molecular complexity index is 1330. The van der Waals surface area contributed by atoms with E-state index in [4.69, 9.17) is 9.15 Å². The predicted molar refractivity (Wildman–Crippen MR) is 128 cm³/mol. The van der Waals surface area contributed by atoms with Crippen LogP contribution in [0, 0.1) is 13.8 Å². The molecule has 4 rings (SSSR count). The molecule has 0 spiro atoms. The molecule has 5 nitrogen and oxygen atoms in total. The van der Waals surface area contributed by atoms with E-state index in [0.29, 0.717) is 16.7 Å². The van der Waals surface area contributed by atoms with Gasteiger partial charge in [-0.25, -0.2) is 9.97 Å². The maximum atomic E-state index is 13.6. The van der Waals surface area contributed by atoms with Crippen LogP contribution in [0.5, 0.6) is 11.8 Å². The predicted octanol–water partition coefficient (Wildman–Crippen LogP) is 6.52. The highest BCUT2D eigenvalue weighted by molar-refractivity contribution is 5.82. The van der Waals surface area contributed by atoms with Crippen LogP contribution in [0.3, 0.4) is 0 Å². The van der Waals surface area contributed by atoms with Crippen molar-refractivity contribution in [3.63, 3.8) is 0 Å². The van der Waals surface area contributed by atoms with Gasteiger partial charge in [0.05, 0.1) is 5.39 Å². The normalized spacial score (nSPS) is 11.7. The molecule has 0 atom stereocenters. The van der Waals surface area contributed by atoms with Crippen molar-refractivity contribution in [1.82, 2.24) is 9.97 Å². The lowest BCUT2D eigenvalue weighted by atomic mass is 9.86. The molecule has 0 aliphatic heterocycles. The van der Waals surface area contributed by atoms with Crippen LogP contribution in [-0.4, -0.2) is 9.97 Å². The van der Waals surface area contributed by atoms with E-state index in [9.17, 15) is 4.79 Å². The highest BCUT2D eigenvalue weighted by Crippen LogP contribution is 2.34. The molecule has 0 saturated carbocycles. The first kappa shape index (κ1) is 21.8. The van der Waals surface area contributed by atoms with Crippen molar-refractivity contribution in [2.75, 3.05) is 0 Å². The summed E-state index contributed by atoms with van der Waals surface area (Å²) in [5, 5.41) is 0.485. The van der Waals surface area contributed by atoms with Crippen molar-refractivity contribution in [3.05, 3.63) is 81.3 Å². The standard InChI is InChI=1S/C27H28N2O3/c1-7-18-8-13-22-21(15-18)23(30)25(32-26-28-16(2)14-17(3)29-26)24(31-22)19-9-11-20(12-10-19)27(4,5)6/h8-15H,7H2,1-6H3. The zero-order chi connectivity index (χ0) is 23.0. The summed E-state index contributed by atoms with van der Waals surface area (Å²) in [7, 11) is 0. The third kappa shape index (κ3) is 4.28. The average Bonchev–Trinajstić information content (AvgIpc) is 2.74. The fourth-order valence-corrected chi connectivity index (χ4v) is 3.68. The Morgan fingerprint density at radius 1 is 0.938 bits per heavy atom. The van der Waals surface area contributed by atoms with Gasteiger partial charge < -0.3 is 9.15 Å². The highest BCUT2D eigenvalue weighted by Gasteiger charge is 2.21. The number of aromatic nitrogens is 2. The number of aryl methyl sites for hydroxylation is 3. The van der Waals surface area contributed by atoms with Crippen LogP contribution >= 0.6 is 0 Å². The third-order valence-corrected chi connectivity index (χ3v) is 5.49. The molecular formula is C27H28N2O3. The molecule has 2 heterocycles. The molecule has 0 amide bonds. The molecule has 5 heteroatoms. The number of rotatable bonds is 4. The van der Waals surface area contributed by atoms with Gasteiger partial charge in [0.1, 0.15) is 5.58 Å². The first-order valence-corrected chi connectivity index (χ1v) is 10.9.